The molecule has 7 heteroatoms. The quantitative estimate of drug-likeness (QED) is 0.611. The van der Waals surface area contributed by atoms with Gasteiger partial charge in [-0.05, 0) is 52.0 Å². The third kappa shape index (κ3) is 2.34. The van der Waals surface area contributed by atoms with Crippen molar-refractivity contribution in [1.29, 1.82) is 0 Å². The number of epoxide rings is 1. The summed E-state index contributed by atoms with van der Waals surface area (Å²) in [4.78, 5) is 40.1. The van der Waals surface area contributed by atoms with Crippen LogP contribution in [-0.4, -0.2) is 39.6 Å². The van der Waals surface area contributed by atoms with Crippen LogP contribution in [0.3, 0.4) is 0 Å². The van der Waals surface area contributed by atoms with E-state index in [1.54, 1.807) is 36.4 Å². The molecular weight excluding hydrogens is 372 g/mol. The number of benzene rings is 2. The van der Waals surface area contributed by atoms with Crippen molar-refractivity contribution in [2.75, 3.05) is 10.2 Å². The average molecular weight is 394 g/mol. The molecule has 0 radical (unpaired) electrons. The molecule has 2 N–H and O–H groups in total. The van der Waals surface area contributed by atoms with E-state index in [9.17, 15) is 19.5 Å². The molecule has 4 rings (SSSR count). The smallest absolute Gasteiger partial charge is 0.273 e. The number of morpholine rings is 1. The normalized spacial score (nSPS) is 30.1. The number of nitrogens with one attached hydrogen (secondary N) is 1. The van der Waals surface area contributed by atoms with Crippen LogP contribution in [0.2, 0.25) is 0 Å². The summed E-state index contributed by atoms with van der Waals surface area (Å²) in [7, 11) is 0. The van der Waals surface area contributed by atoms with Gasteiger partial charge in [-0.1, -0.05) is 35.4 Å². The zero-order valence-corrected chi connectivity index (χ0v) is 16.6. The molecule has 0 saturated carbocycles. The van der Waals surface area contributed by atoms with E-state index >= 15 is 0 Å². The first kappa shape index (κ1) is 19.3. The number of aliphatic hydroxyl groups is 1. The second-order valence-electron chi connectivity index (χ2n) is 7.84. The van der Waals surface area contributed by atoms with Gasteiger partial charge in [-0.25, -0.2) is 0 Å². The number of aryl methyl sites for hydroxylation is 2. The molecule has 2 saturated heterocycles. The molecule has 150 valence electrons. The molecule has 2 heterocycles. The summed E-state index contributed by atoms with van der Waals surface area (Å²) in [6.45, 7) is 6.31. The predicted octanol–water partition coefficient (Wildman–Crippen LogP) is 2.09. The molecule has 2 aliphatic rings. The van der Waals surface area contributed by atoms with Crippen LogP contribution < -0.4 is 10.2 Å². The highest BCUT2D eigenvalue weighted by molar-refractivity contribution is 6.29. The number of fused-ring (bicyclic) bond motifs is 1. The Labute approximate surface area is 168 Å². The standard InChI is InChI=1S/C22H22N2O5/c1-13-5-9-16(10-6-13)23-18(26)22-20(4,28)24(17-11-7-14(2)8-12-17)19(27)21(22,29-22)15(3)25/h5-12,28H,1-4H3,(H,23,26)/t20-,21+,22-/m1/s1. The molecule has 2 amide bonds. The molecule has 3 atom stereocenters. The van der Waals surface area contributed by atoms with Gasteiger partial charge in [-0.15, -0.1) is 0 Å². The maximum absolute atomic E-state index is 13.3. The lowest BCUT2D eigenvalue weighted by Crippen LogP contribution is -2.58. The van der Waals surface area contributed by atoms with Crippen LogP contribution in [0.4, 0.5) is 11.4 Å². The molecule has 2 fully saturated rings. The van der Waals surface area contributed by atoms with E-state index in [4.69, 9.17) is 4.74 Å². The van der Waals surface area contributed by atoms with E-state index in [2.05, 4.69) is 5.32 Å². The highest BCUT2D eigenvalue weighted by Gasteiger charge is 2.95. The van der Waals surface area contributed by atoms with E-state index in [0.29, 0.717) is 11.4 Å². The van der Waals surface area contributed by atoms with E-state index in [0.717, 1.165) is 16.0 Å². The minimum atomic E-state index is -2.07. The summed E-state index contributed by atoms with van der Waals surface area (Å²) in [5, 5.41) is 14.1. The molecule has 0 unspecified atom stereocenters. The summed E-state index contributed by atoms with van der Waals surface area (Å²) in [5.74, 6) is -2.13. The highest BCUT2D eigenvalue weighted by atomic mass is 16.7. The van der Waals surface area contributed by atoms with Gasteiger partial charge in [0.25, 0.3) is 11.8 Å². The molecule has 0 bridgehead atoms. The Kier molecular flexibility index (Phi) is 3.98. The number of anilines is 2. The molecule has 2 aromatic rings. The van der Waals surface area contributed by atoms with E-state index in [1.165, 1.54) is 13.8 Å². The fourth-order valence-corrected chi connectivity index (χ4v) is 4.15. The number of carbonyl (C=O) groups is 3. The average Bonchev–Trinajstić information content (AvgIpc) is 3.36. The number of amides is 2. The Morgan fingerprint density at radius 1 is 1.00 bits per heavy atom. The fourth-order valence-electron chi connectivity index (χ4n) is 4.15. The number of rotatable bonds is 4. The van der Waals surface area contributed by atoms with Crippen molar-refractivity contribution >= 4 is 29.0 Å². The maximum Gasteiger partial charge on any atom is 0.273 e. The second kappa shape index (κ2) is 5.98. The molecule has 0 spiro atoms. The fraction of sp³-hybridized carbons (Fsp3) is 0.318. The van der Waals surface area contributed by atoms with Gasteiger partial charge in [0.1, 0.15) is 0 Å². The van der Waals surface area contributed by atoms with Crippen LogP contribution in [-0.2, 0) is 19.1 Å². The SMILES string of the molecule is CC(=O)[C@@]12O[C@]1(C(=O)Nc1ccc(C)cc1)[C@@](C)(O)N(c1ccc(C)cc1)C2=O. The molecule has 0 aliphatic carbocycles. The van der Waals surface area contributed by atoms with Crippen LogP contribution in [0.1, 0.15) is 25.0 Å². The van der Waals surface area contributed by atoms with Gasteiger partial charge in [0.2, 0.25) is 11.2 Å². The van der Waals surface area contributed by atoms with Gasteiger partial charge < -0.3 is 15.2 Å². The van der Waals surface area contributed by atoms with Crippen molar-refractivity contribution in [2.24, 2.45) is 0 Å². The highest BCUT2D eigenvalue weighted by Crippen LogP contribution is 2.63. The lowest BCUT2D eigenvalue weighted by Gasteiger charge is -2.35. The van der Waals surface area contributed by atoms with Crippen LogP contribution in [0.25, 0.3) is 0 Å². The molecule has 2 aromatic carbocycles. The molecule has 0 aromatic heterocycles. The number of hydrogen-bond acceptors (Lipinski definition) is 5. The maximum atomic E-state index is 13.3. The van der Waals surface area contributed by atoms with Crippen molar-refractivity contribution in [2.45, 2.75) is 44.6 Å². The van der Waals surface area contributed by atoms with Gasteiger partial charge >= 0.3 is 0 Å². The van der Waals surface area contributed by atoms with Crippen LogP contribution in [0.5, 0.6) is 0 Å². The van der Waals surface area contributed by atoms with Gasteiger partial charge in [-0.3, -0.25) is 19.3 Å². The first-order chi connectivity index (χ1) is 13.6. The van der Waals surface area contributed by atoms with Crippen LogP contribution in [0, 0.1) is 13.8 Å². The number of nitrogens with zero attached hydrogens (tertiary/aromatic N) is 1. The Bertz CT molecular complexity index is 1030. The minimum Gasteiger partial charge on any atom is -0.367 e. The molecule has 2 aliphatic heterocycles. The monoisotopic (exact) mass is 394 g/mol. The minimum absolute atomic E-state index is 0.379. The Morgan fingerprint density at radius 3 is 2.03 bits per heavy atom. The van der Waals surface area contributed by atoms with Crippen molar-refractivity contribution in [3.05, 3.63) is 59.7 Å². The van der Waals surface area contributed by atoms with Gasteiger partial charge in [0, 0.05) is 11.4 Å². The first-order valence-corrected chi connectivity index (χ1v) is 9.31. The first-order valence-electron chi connectivity index (χ1n) is 9.31. The molecular formula is C22H22N2O5. The summed E-state index contributed by atoms with van der Waals surface area (Å²) < 4.78 is 5.55. The third-order valence-electron chi connectivity index (χ3n) is 5.78. The third-order valence-corrected chi connectivity index (χ3v) is 5.78. The van der Waals surface area contributed by atoms with Gasteiger partial charge in [-0.2, -0.15) is 0 Å². The number of hydrogen-bond donors (Lipinski definition) is 2. The largest absolute Gasteiger partial charge is 0.367 e. The summed E-state index contributed by atoms with van der Waals surface area (Å²) in [5.41, 5.74) is -3.33. The molecule has 7 nitrogen and oxygen atoms in total. The van der Waals surface area contributed by atoms with Crippen LogP contribution in [0.15, 0.2) is 48.5 Å². The number of carbonyl (C=O) groups excluding carboxylic acids is 3. The Morgan fingerprint density at radius 2 is 1.52 bits per heavy atom. The Balaban J connectivity index is 1.78. The summed E-state index contributed by atoms with van der Waals surface area (Å²) in [6.07, 6.45) is 0. The zero-order valence-electron chi connectivity index (χ0n) is 16.6. The lowest BCUT2D eigenvalue weighted by atomic mass is 9.85. The van der Waals surface area contributed by atoms with Crippen molar-refractivity contribution in [3.8, 4) is 0 Å². The summed E-state index contributed by atoms with van der Waals surface area (Å²) in [6, 6.07) is 13.9. The van der Waals surface area contributed by atoms with Gasteiger partial charge in [0.05, 0.1) is 0 Å². The number of ether oxygens (including phenoxy) is 1. The van der Waals surface area contributed by atoms with E-state index in [1.807, 2.05) is 26.0 Å². The van der Waals surface area contributed by atoms with Crippen LogP contribution >= 0.6 is 0 Å². The summed E-state index contributed by atoms with van der Waals surface area (Å²) >= 11 is 0. The van der Waals surface area contributed by atoms with Crippen molar-refractivity contribution in [3.63, 3.8) is 0 Å². The molecule has 29 heavy (non-hydrogen) atoms. The lowest BCUT2D eigenvalue weighted by molar-refractivity contribution is -0.136. The van der Waals surface area contributed by atoms with Crippen molar-refractivity contribution < 1.29 is 24.2 Å². The predicted molar refractivity (Wildman–Crippen MR) is 106 cm³/mol. The zero-order chi connectivity index (χ0) is 21.2. The number of Topliss-reactive ketones (excluding diaryl/α,β-unsaturated/α-hetero) is 1. The van der Waals surface area contributed by atoms with Crippen molar-refractivity contribution in [1.82, 2.24) is 0 Å². The second-order valence-corrected chi connectivity index (χ2v) is 7.84. The topological polar surface area (TPSA) is 99.2 Å². The van der Waals surface area contributed by atoms with E-state index in [-0.39, 0.29) is 0 Å². The number of ketones is 1. The van der Waals surface area contributed by atoms with E-state index < -0.39 is 34.5 Å². The van der Waals surface area contributed by atoms with Gasteiger partial charge in [0.15, 0.2) is 11.5 Å². The Hall–Kier alpha value is -3.03.